The van der Waals surface area contributed by atoms with Gasteiger partial charge in [0.1, 0.15) is 23.7 Å². The third-order valence-electron chi connectivity index (χ3n) is 5.41. The lowest BCUT2D eigenvalue weighted by atomic mass is 10.0. The fourth-order valence-corrected chi connectivity index (χ4v) is 4.11. The normalized spacial score (nSPS) is 11.8. The average molecular weight is 372 g/mol. The average Bonchev–Trinajstić information content (AvgIpc) is 3.27. The van der Waals surface area contributed by atoms with Crippen molar-refractivity contribution in [2.24, 2.45) is 7.05 Å². The van der Waals surface area contributed by atoms with Crippen LogP contribution < -0.4 is 4.57 Å². The summed E-state index contributed by atoms with van der Waals surface area (Å²) in [6.07, 6.45) is 4.21. The molecule has 0 bridgehead atoms. The molecule has 3 heterocycles. The molecule has 0 fully saturated rings. The lowest BCUT2D eigenvalue weighted by Crippen LogP contribution is -2.29. The quantitative estimate of drug-likeness (QED) is 0.406. The van der Waals surface area contributed by atoms with Gasteiger partial charge in [0.25, 0.3) is 5.82 Å². The van der Waals surface area contributed by atoms with Crippen LogP contribution in [0.5, 0.6) is 0 Å². The number of oxazole rings is 1. The molecule has 0 aliphatic heterocycles. The van der Waals surface area contributed by atoms with Crippen molar-refractivity contribution < 1.29 is 13.4 Å². The highest BCUT2D eigenvalue weighted by Gasteiger charge is 2.25. The lowest BCUT2D eigenvalue weighted by molar-refractivity contribution is -0.659. The van der Waals surface area contributed by atoms with Crippen LogP contribution >= 0.6 is 0 Å². The van der Waals surface area contributed by atoms with Crippen LogP contribution in [0.2, 0.25) is 0 Å². The van der Waals surface area contributed by atoms with Gasteiger partial charge in [-0.15, -0.1) is 0 Å². The van der Waals surface area contributed by atoms with Crippen LogP contribution in [0, 0.1) is 27.7 Å². The largest absolute Gasteiger partial charge is 0.424 e. The second-order valence-corrected chi connectivity index (χ2v) is 7.48. The Morgan fingerprint density at radius 3 is 2.46 bits per heavy atom. The summed E-state index contributed by atoms with van der Waals surface area (Å²) in [5.41, 5.74) is 7.56. The Morgan fingerprint density at radius 2 is 1.71 bits per heavy atom. The van der Waals surface area contributed by atoms with Crippen LogP contribution in [0.15, 0.2) is 51.6 Å². The zero-order valence-corrected chi connectivity index (χ0v) is 16.7. The minimum Gasteiger partial charge on any atom is -0.424 e. The van der Waals surface area contributed by atoms with Crippen molar-refractivity contribution in [2.45, 2.75) is 27.7 Å². The summed E-state index contributed by atoms with van der Waals surface area (Å²) < 4.78 is 15.9. The van der Waals surface area contributed by atoms with Gasteiger partial charge in [-0.05, 0) is 49.6 Å². The predicted octanol–water partition coefficient (Wildman–Crippen LogP) is 5.09. The Hall–Kier alpha value is -3.34. The van der Waals surface area contributed by atoms with Crippen molar-refractivity contribution in [3.05, 3.63) is 65.3 Å². The predicted molar refractivity (Wildman–Crippen MR) is 109 cm³/mol. The molecule has 0 amide bonds. The SMILES string of the molecule is Cc1nc2c(o1)oc1cc(-c3n(-c4c(C)cccc4C)cc[n+]3C)c(C)cc12. The number of aryl methyl sites for hydroxylation is 5. The van der Waals surface area contributed by atoms with Crippen molar-refractivity contribution in [3.8, 4) is 17.1 Å². The number of hydrogen-bond donors (Lipinski definition) is 0. The molecule has 0 N–H and O–H groups in total. The number of para-hydroxylation sites is 1. The zero-order valence-electron chi connectivity index (χ0n) is 16.7. The van der Waals surface area contributed by atoms with Gasteiger partial charge in [0.15, 0.2) is 11.4 Å². The zero-order chi connectivity index (χ0) is 19.6. The summed E-state index contributed by atoms with van der Waals surface area (Å²) in [6.45, 7) is 8.26. The van der Waals surface area contributed by atoms with Gasteiger partial charge in [0.2, 0.25) is 0 Å². The van der Waals surface area contributed by atoms with Gasteiger partial charge in [-0.3, -0.25) is 0 Å². The van der Waals surface area contributed by atoms with Crippen LogP contribution in [0.1, 0.15) is 22.6 Å². The maximum atomic E-state index is 5.95. The molecule has 0 aliphatic rings. The summed E-state index contributed by atoms with van der Waals surface area (Å²) in [6, 6.07) is 10.6. The van der Waals surface area contributed by atoms with E-state index >= 15 is 0 Å². The van der Waals surface area contributed by atoms with Gasteiger partial charge in [0.05, 0.1) is 18.0 Å². The van der Waals surface area contributed by atoms with Gasteiger partial charge >= 0.3 is 5.78 Å². The smallest absolute Gasteiger partial charge is 0.319 e. The van der Waals surface area contributed by atoms with Crippen LogP contribution in [0.4, 0.5) is 0 Å². The molecule has 0 spiro atoms. The molecule has 0 atom stereocenters. The Morgan fingerprint density at radius 1 is 0.964 bits per heavy atom. The van der Waals surface area contributed by atoms with Crippen molar-refractivity contribution >= 4 is 22.3 Å². The van der Waals surface area contributed by atoms with Gasteiger partial charge in [-0.25, -0.2) is 9.55 Å². The molecule has 0 saturated heterocycles. The molecule has 140 valence electrons. The first-order valence-electron chi connectivity index (χ1n) is 9.38. The highest BCUT2D eigenvalue weighted by Crippen LogP contribution is 2.35. The van der Waals surface area contributed by atoms with E-state index in [1.807, 2.05) is 6.92 Å². The van der Waals surface area contributed by atoms with Crippen molar-refractivity contribution in [1.29, 1.82) is 0 Å². The van der Waals surface area contributed by atoms with Gasteiger partial charge in [0, 0.05) is 6.92 Å². The molecule has 0 saturated carbocycles. The number of benzene rings is 2. The van der Waals surface area contributed by atoms with Crippen LogP contribution in [-0.2, 0) is 7.05 Å². The number of hydrogen-bond acceptors (Lipinski definition) is 3. The van der Waals surface area contributed by atoms with Gasteiger partial charge < -0.3 is 8.83 Å². The Kier molecular flexibility index (Phi) is 3.50. The molecule has 5 rings (SSSR count). The molecule has 3 aromatic heterocycles. The van der Waals surface area contributed by atoms with Crippen molar-refractivity contribution in [1.82, 2.24) is 9.55 Å². The van der Waals surface area contributed by atoms with E-state index in [9.17, 15) is 0 Å². The lowest BCUT2D eigenvalue weighted by Gasteiger charge is -2.10. The van der Waals surface area contributed by atoms with E-state index in [1.54, 1.807) is 0 Å². The van der Waals surface area contributed by atoms with E-state index in [0.717, 1.165) is 33.4 Å². The van der Waals surface area contributed by atoms with E-state index in [4.69, 9.17) is 8.83 Å². The number of fused-ring (bicyclic) bond motifs is 3. The number of imidazole rings is 1. The first-order chi connectivity index (χ1) is 13.4. The Bertz CT molecular complexity index is 1350. The summed E-state index contributed by atoms with van der Waals surface area (Å²) in [5.74, 6) is 2.21. The molecular formula is C23H22N3O2+. The summed E-state index contributed by atoms with van der Waals surface area (Å²) in [4.78, 5) is 4.47. The van der Waals surface area contributed by atoms with Crippen molar-refractivity contribution in [2.75, 3.05) is 0 Å². The van der Waals surface area contributed by atoms with Crippen LogP contribution in [0.25, 0.3) is 39.3 Å². The third-order valence-corrected chi connectivity index (χ3v) is 5.41. The van der Waals surface area contributed by atoms with Crippen LogP contribution in [0.3, 0.4) is 0 Å². The van der Waals surface area contributed by atoms with Gasteiger partial charge in [-0.1, -0.05) is 18.2 Å². The molecule has 5 aromatic rings. The molecular weight excluding hydrogens is 350 g/mol. The van der Waals surface area contributed by atoms with Crippen LogP contribution in [-0.4, -0.2) is 9.55 Å². The number of furan rings is 1. The van der Waals surface area contributed by atoms with Crippen molar-refractivity contribution in [3.63, 3.8) is 0 Å². The summed E-state index contributed by atoms with van der Waals surface area (Å²) in [5, 5.41) is 0.987. The Labute approximate surface area is 162 Å². The van der Waals surface area contributed by atoms with E-state index in [2.05, 4.69) is 84.7 Å². The number of nitrogens with zero attached hydrogens (tertiary/aromatic N) is 3. The molecule has 0 radical (unpaired) electrons. The highest BCUT2D eigenvalue weighted by atomic mass is 16.5. The van der Waals surface area contributed by atoms with E-state index in [0.29, 0.717) is 11.7 Å². The molecule has 5 heteroatoms. The number of aromatic nitrogens is 3. The molecule has 0 unspecified atom stereocenters. The molecule has 5 nitrogen and oxygen atoms in total. The van der Waals surface area contributed by atoms with E-state index in [-0.39, 0.29) is 0 Å². The summed E-state index contributed by atoms with van der Waals surface area (Å²) >= 11 is 0. The Balaban J connectivity index is 1.79. The third kappa shape index (κ3) is 2.32. The maximum Gasteiger partial charge on any atom is 0.319 e. The minimum atomic E-state index is 0.485. The monoisotopic (exact) mass is 372 g/mol. The van der Waals surface area contributed by atoms with E-state index < -0.39 is 0 Å². The van der Waals surface area contributed by atoms with E-state index in [1.165, 1.54) is 16.8 Å². The first kappa shape index (κ1) is 16.8. The highest BCUT2D eigenvalue weighted by molar-refractivity contribution is 6.02. The first-order valence-corrected chi connectivity index (χ1v) is 9.38. The fraction of sp³-hybridized carbons (Fsp3) is 0.217. The standard InChI is InChI=1S/C23H22N3O2/c1-13-7-6-8-14(2)21(13)26-10-9-25(5)22(26)17-12-19-18(11-15(17)3)20-23(28-19)27-16(4)24-20/h6-12H,1-5H3/q+1. The second kappa shape index (κ2) is 5.83. The van der Waals surface area contributed by atoms with Gasteiger partial charge in [-0.2, -0.15) is 4.57 Å². The molecule has 2 aromatic carbocycles. The number of rotatable bonds is 2. The molecule has 0 aliphatic carbocycles. The summed E-state index contributed by atoms with van der Waals surface area (Å²) in [7, 11) is 2.07. The topological polar surface area (TPSA) is 48.0 Å². The second-order valence-electron chi connectivity index (χ2n) is 7.48. The minimum absolute atomic E-state index is 0.485. The molecule has 28 heavy (non-hydrogen) atoms. The maximum absolute atomic E-state index is 5.95. The fourth-order valence-electron chi connectivity index (χ4n) is 4.11.